The summed E-state index contributed by atoms with van der Waals surface area (Å²) in [6.07, 6.45) is -5.39. The Hall–Kier alpha value is -2.08. The summed E-state index contributed by atoms with van der Waals surface area (Å²) in [7, 11) is 0. The Morgan fingerprint density at radius 3 is 2.38 bits per heavy atom. The van der Waals surface area contributed by atoms with Crippen molar-refractivity contribution in [2.24, 2.45) is 5.73 Å². The lowest BCUT2D eigenvalue weighted by Crippen LogP contribution is -2.20. The van der Waals surface area contributed by atoms with E-state index in [1.165, 1.54) is 36.4 Å². The molecule has 0 spiro atoms. The van der Waals surface area contributed by atoms with Gasteiger partial charge in [-0.25, -0.2) is 4.39 Å². The molecule has 0 bridgehead atoms. The van der Waals surface area contributed by atoms with Crippen LogP contribution in [-0.2, 0) is 6.18 Å². The highest BCUT2D eigenvalue weighted by molar-refractivity contribution is 5.36. The molecule has 0 saturated heterocycles. The van der Waals surface area contributed by atoms with Gasteiger partial charge >= 0.3 is 6.18 Å². The summed E-state index contributed by atoms with van der Waals surface area (Å²) in [5.41, 5.74) is 5.03. The van der Waals surface area contributed by atoms with Gasteiger partial charge in [0, 0.05) is 6.54 Å². The van der Waals surface area contributed by atoms with Gasteiger partial charge in [0.2, 0.25) is 0 Å². The zero-order chi connectivity index (χ0) is 15.5. The first kappa shape index (κ1) is 15.3. The lowest BCUT2D eigenvalue weighted by Gasteiger charge is -2.21. The van der Waals surface area contributed by atoms with Crippen LogP contribution in [0.5, 0.6) is 5.75 Å². The van der Waals surface area contributed by atoms with Crippen molar-refractivity contribution in [3.8, 4) is 5.75 Å². The van der Waals surface area contributed by atoms with E-state index in [4.69, 9.17) is 10.5 Å². The van der Waals surface area contributed by atoms with Gasteiger partial charge in [-0.1, -0.05) is 24.3 Å². The van der Waals surface area contributed by atoms with E-state index in [0.717, 1.165) is 6.07 Å². The first-order valence-corrected chi connectivity index (χ1v) is 6.20. The van der Waals surface area contributed by atoms with Crippen LogP contribution in [-0.4, -0.2) is 6.54 Å². The number of hydrogen-bond donors (Lipinski definition) is 1. The first-order valence-electron chi connectivity index (χ1n) is 6.20. The Bertz CT molecular complexity index is 613. The highest BCUT2D eigenvalue weighted by Crippen LogP contribution is 2.37. The number of nitrogens with two attached hydrogens (primary N) is 1. The molecule has 2 nitrogen and oxygen atoms in total. The zero-order valence-electron chi connectivity index (χ0n) is 10.9. The van der Waals surface area contributed by atoms with Gasteiger partial charge in [-0.3, -0.25) is 0 Å². The lowest BCUT2D eigenvalue weighted by molar-refractivity contribution is -0.139. The van der Waals surface area contributed by atoms with Gasteiger partial charge in [0.05, 0.1) is 5.56 Å². The molecule has 112 valence electrons. The maximum absolute atomic E-state index is 13.2. The van der Waals surface area contributed by atoms with Crippen LogP contribution >= 0.6 is 0 Å². The van der Waals surface area contributed by atoms with Crippen molar-refractivity contribution in [3.63, 3.8) is 0 Å². The molecule has 0 amide bonds. The molecule has 2 N–H and O–H groups in total. The number of ether oxygens (including phenoxy) is 1. The second-order valence-corrected chi connectivity index (χ2v) is 4.39. The molecule has 2 aromatic rings. The van der Waals surface area contributed by atoms with Gasteiger partial charge in [-0.2, -0.15) is 13.2 Å². The number of alkyl halides is 3. The van der Waals surface area contributed by atoms with E-state index in [1.807, 2.05) is 0 Å². The summed E-state index contributed by atoms with van der Waals surface area (Å²) in [6.45, 7) is -0.0738. The molecule has 0 saturated carbocycles. The summed E-state index contributed by atoms with van der Waals surface area (Å²) in [6, 6.07) is 10.3. The maximum Gasteiger partial charge on any atom is 0.419 e. The zero-order valence-corrected chi connectivity index (χ0v) is 10.9. The molecule has 0 aromatic heterocycles. The van der Waals surface area contributed by atoms with Crippen LogP contribution in [0.1, 0.15) is 17.2 Å². The minimum Gasteiger partial charge on any atom is -0.484 e. The van der Waals surface area contributed by atoms with E-state index < -0.39 is 23.7 Å². The summed E-state index contributed by atoms with van der Waals surface area (Å²) in [4.78, 5) is 0. The highest BCUT2D eigenvalue weighted by Gasteiger charge is 2.34. The summed E-state index contributed by atoms with van der Waals surface area (Å²) < 4.78 is 57.2. The quantitative estimate of drug-likeness (QED) is 0.868. The van der Waals surface area contributed by atoms with Crippen molar-refractivity contribution in [1.29, 1.82) is 0 Å². The van der Waals surface area contributed by atoms with Gasteiger partial charge in [-0.15, -0.1) is 0 Å². The van der Waals surface area contributed by atoms with Crippen molar-refractivity contribution in [2.75, 3.05) is 6.54 Å². The van der Waals surface area contributed by atoms with E-state index in [-0.39, 0.29) is 12.3 Å². The number of benzene rings is 2. The monoisotopic (exact) mass is 299 g/mol. The fraction of sp³-hybridized carbons (Fsp3) is 0.200. The number of para-hydroxylation sites is 1. The molecule has 2 aromatic carbocycles. The van der Waals surface area contributed by atoms with E-state index in [0.29, 0.717) is 5.56 Å². The van der Waals surface area contributed by atoms with Crippen LogP contribution in [0.25, 0.3) is 0 Å². The molecular formula is C15H13F4NO. The Kier molecular flexibility index (Phi) is 4.47. The lowest BCUT2D eigenvalue weighted by atomic mass is 10.1. The Labute approximate surface area is 119 Å². The summed E-state index contributed by atoms with van der Waals surface area (Å²) in [5, 5.41) is 0. The largest absolute Gasteiger partial charge is 0.484 e. The smallest absolute Gasteiger partial charge is 0.419 e. The molecule has 0 heterocycles. The minimum absolute atomic E-state index is 0.0738. The predicted octanol–water partition coefficient (Wildman–Crippen LogP) is 3.92. The average Bonchev–Trinajstić information content (AvgIpc) is 2.44. The third kappa shape index (κ3) is 3.72. The highest BCUT2D eigenvalue weighted by atomic mass is 19.4. The molecule has 0 fully saturated rings. The van der Waals surface area contributed by atoms with Gasteiger partial charge in [0.25, 0.3) is 0 Å². The number of halogens is 4. The average molecular weight is 299 g/mol. The van der Waals surface area contributed by atoms with Gasteiger partial charge in [-0.05, 0) is 29.8 Å². The normalized spacial score (nSPS) is 13.0. The number of rotatable bonds is 4. The molecule has 21 heavy (non-hydrogen) atoms. The second-order valence-electron chi connectivity index (χ2n) is 4.39. The fourth-order valence-electron chi connectivity index (χ4n) is 1.92. The van der Waals surface area contributed by atoms with Crippen LogP contribution in [0, 0.1) is 5.82 Å². The predicted molar refractivity (Wildman–Crippen MR) is 70.3 cm³/mol. The minimum atomic E-state index is -4.53. The fourth-order valence-corrected chi connectivity index (χ4v) is 1.92. The molecule has 0 aliphatic carbocycles. The molecule has 6 heteroatoms. The molecule has 0 radical (unpaired) electrons. The standard InChI is InChI=1S/C15H13F4NO/c16-11-5-3-4-10(8-11)14(9-20)21-13-7-2-1-6-12(13)15(17,18)19/h1-8,14H,9,20H2. The topological polar surface area (TPSA) is 35.2 Å². The van der Waals surface area contributed by atoms with Gasteiger partial charge in [0.1, 0.15) is 17.7 Å². The first-order chi connectivity index (χ1) is 9.91. The molecule has 0 aliphatic heterocycles. The molecule has 1 atom stereocenters. The van der Waals surface area contributed by atoms with Crippen LogP contribution in [0.15, 0.2) is 48.5 Å². The Morgan fingerprint density at radius 1 is 1.05 bits per heavy atom. The van der Waals surface area contributed by atoms with E-state index in [2.05, 4.69) is 0 Å². The third-order valence-electron chi connectivity index (χ3n) is 2.90. The van der Waals surface area contributed by atoms with Gasteiger partial charge in [0.15, 0.2) is 0 Å². The van der Waals surface area contributed by atoms with Gasteiger partial charge < -0.3 is 10.5 Å². The van der Waals surface area contributed by atoms with Crippen LogP contribution in [0.2, 0.25) is 0 Å². The van der Waals surface area contributed by atoms with Crippen molar-refractivity contribution in [1.82, 2.24) is 0 Å². The molecular weight excluding hydrogens is 286 g/mol. The number of hydrogen-bond acceptors (Lipinski definition) is 2. The second kappa shape index (κ2) is 6.13. The SMILES string of the molecule is NCC(Oc1ccccc1C(F)(F)F)c1cccc(F)c1. The Balaban J connectivity index is 2.32. The van der Waals surface area contributed by atoms with Crippen LogP contribution in [0.3, 0.4) is 0 Å². The molecule has 1 unspecified atom stereocenters. The van der Waals surface area contributed by atoms with E-state index in [9.17, 15) is 17.6 Å². The van der Waals surface area contributed by atoms with E-state index in [1.54, 1.807) is 6.07 Å². The molecule has 2 rings (SSSR count). The molecule has 0 aliphatic rings. The van der Waals surface area contributed by atoms with Crippen molar-refractivity contribution < 1.29 is 22.3 Å². The van der Waals surface area contributed by atoms with E-state index >= 15 is 0 Å². The maximum atomic E-state index is 13.2. The van der Waals surface area contributed by atoms with Crippen LogP contribution < -0.4 is 10.5 Å². The third-order valence-corrected chi connectivity index (χ3v) is 2.90. The Morgan fingerprint density at radius 2 is 1.76 bits per heavy atom. The summed E-state index contributed by atoms with van der Waals surface area (Å²) >= 11 is 0. The van der Waals surface area contributed by atoms with Crippen molar-refractivity contribution in [2.45, 2.75) is 12.3 Å². The van der Waals surface area contributed by atoms with Crippen molar-refractivity contribution >= 4 is 0 Å². The summed E-state index contributed by atoms with van der Waals surface area (Å²) in [5.74, 6) is -0.830. The van der Waals surface area contributed by atoms with Crippen LogP contribution in [0.4, 0.5) is 17.6 Å². The van der Waals surface area contributed by atoms with Crippen molar-refractivity contribution in [3.05, 3.63) is 65.5 Å².